The number of ketones is 1. The Hall–Kier alpha value is -2.35. The minimum atomic E-state index is -0.703. The number of Topliss-reactive ketones (excluding diaryl/α,β-unsaturated/α-hetero) is 1. The molecule has 8 heteroatoms. The van der Waals surface area contributed by atoms with Crippen LogP contribution in [-0.4, -0.2) is 60.4 Å². The first-order valence-corrected chi connectivity index (χ1v) is 11.5. The van der Waals surface area contributed by atoms with Gasteiger partial charge in [0.15, 0.2) is 0 Å². The number of hydrogen-bond acceptors (Lipinski definition) is 5. The third-order valence-electron chi connectivity index (χ3n) is 5.24. The van der Waals surface area contributed by atoms with Crippen LogP contribution in [0.3, 0.4) is 0 Å². The molecule has 0 saturated carbocycles. The summed E-state index contributed by atoms with van der Waals surface area (Å²) >= 11 is 9.71. The van der Waals surface area contributed by atoms with Gasteiger partial charge in [-0.3, -0.25) is 9.59 Å². The largest absolute Gasteiger partial charge is 0.507 e. The van der Waals surface area contributed by atoms with E-state index in [9.17, 15) is 14.7 Å². The number of likely N-dealkylation sites (tertiary alicyclic amines) is 1. The van der Waals surface area contributed by atoms with Crippen molar-refractivity contribution in [3.63, 3.8) is 0 Å². The number of hydrogen-bond donors (Lipinski definition) is 1. The Labute approximate surface area is 201 Å². The van der Waals surface area contributed by atoms with Gasteiger partial charge >= 0.3 is 0 Å². The summed E-state index contributed by atoms with van der Waals surface area (Å²) in [5.41, 5.74) is 1.16. The summed E-state index contributed by atoms with van der Waals surface area (Å²) in [5.74, 6) is -1.09. The zero-order chi connectivity index (χ0) is 23.4. The van der Waals surface area contributed by atoms with E-state index in [4.69, 9.17) is 16.3 Å². The summed E-state index contributed by atoms with van der Waals surface area (Å²) in [6, 6.07) is 11.5. The van der Waals surface area contributed by atoms with Gasteiger partial charge in [0.1, 0.15) is 11.5 Å². The van der Waals surface area contributed by atoms with Gasteiger partial charge in [-0.25, -0.2) is 0 Å². The first-order valence-electron chi connectivity index (χ1n) is 10.4. The van der Waals surface area contributed by atoms with E-state index in [0.29, 0.717) is 35.9 Å². The molecule has 1 saturated heterocycles. The fourth-order valence-corrected chi connectivity index (χ4v) is 4.24. The molecule has 170 valence electrons. The lowest BCUT2D eigenvalue weighted by Crippen LogP contribution is -2.32. The van der Waals surface area contributed by atoms with Crippen molar-refractivity contribution in [2.24, 2.45) is 0 Å². The second kappa shape index (κ2) is 10.5. The van der Waals surface area contributed by atoms with Crippen molar-refractivity contribution in [2.75, 3.05) is 33.8 Å². The van der Waals surface area contributed by atoms with E-state index in [1.807, 2.05) is 50.2 Å². The Morgan fingerprint density at radius 3 is 2.47 bits per heavy atom. The first kappa shape index (κ1) is 24.3. The molecule has 1 fully saturated rings. The monoisotopic (exact) mass is 520 g/mol. The lowest BCUT2D eigenvalue weighted by molar-refractivity contribution is -0.139. The highest BCUT2D eigenvalue weighted by molar-refractivity contribution is 9.10. The van der Waals surface area contributed by atoms with Gasteiger partial charge in [0.05, 0.1) is 23.2 Å². The number of rotatable bonds is 8. The predicted molar refractivity (Wildman–Crippen MR) is 129 cm³/mol. The van der Waals surface area contributed by atoms with Crippen LogP contribution in [0.1, 0.15) is 30.5 Å². The number of aliphatic hydroxyl groups excluding tert-OH is 1. The van der Waals surface area contributed by atoms with Crippen molar-refractivity contribution in [2.45, 2.75) is 19.4 Å². The number of carbonyl (C=O) groups is 2. The number of amides is 1. The van der Waals surface area contributed by atoms with Crippen molar-refractivity contribution < 1.29 is 19.4 Å². The average molecular weight is 522 g/mol. The minimum Gasteiger partial charge on any atom is -0.507 e. The van der Waals surface area contributed by atoms with Crippen molar-refractivity contribution in [3.05, 3.63) is 68.7 Å². The molecule has 0 unspecified atom stereocenters. The lowest BCUT2D eigenvalue weighted by Gasteiger charge is -2.26. The van der Waals surface area contributed by atoms with Crippen LogP contribution in [0.4, 0.5) is 0 Å². The molecule has 0 spiro atoms. The maximum Gasteiger partial charge on any atom is 0.295 e. The van der Waals surface area contributed by atoms with Crippen LogP contribution in [0.2, 0.25) is 5.02 Å². The summed E-state index contributed by atoms with van der Waals surface area (Å²) < 4.78 is 6.33. The highest BCUT2D eigenvalue weighted by Gasteiger charge is 2.45. The molecule has 0 radical (unpaired) electrons. The molecule has 6 nitrogen and oxygen atoms in total. The maximum absolute atomic E-state index is 13.0. The smallest absolute Gasteiger partial charge is 0.295 e. The Morgan fingerprint density at radius 2 is 1.88 bits per heavy atom. The summed E-state index contributed by atoms with van der Waals surface area (Å²) in [6.45, 7) is 3.46. The molecular formula is C24H26BrClN2O4. The Bertz CT molecular complexity index is 1040. The molecular weight excluding hydrogens is 496 g/mol. The Morgan fingerprint density at radius 1 is 1.19 bits per heavy atom. The van der Waals surface area contributed by atoms with Crippen molar-refractivity contribution in [1.29, 1.82) is 0 Å². The molecule has 1 heterocycles. The van der Waals surface area contributed by atoms with Gasteiger partial charge in [-0.2, -0.15) is 0 Å². The van der Waals surface area contributed by atoms with Crippen molar-refractivity contribution >= 4 is 45.0 Å². The van der Waals surface area contributed by atoms with Crippen LogP contribution in [0.5, 0.6) is 5.75 Å². The zero-order valence-electron chi connectivity index (χ0n) is 18.3. The highest BCUT2D eigenvalue weighted by atomic mass is 79.9. The molecule has 2 aromatic carbocycles. The second-order valence-corrected chi connectivity index (χ2v) is 9.10. The van der Waals surface area contributed by atoms with E-state index < -0.39 is 17.7 Å². The van der Waals surface area contributed by atoms with Crippen LogP contribution >= 0.6 is 27.5 Å². The van der Waals surface area contributed by atoms with E-state index in [1.54, 1.807) is 18.2 Å². The fraction of sp³-hybridized carbons (Fsp3) is 0.333. The molecule has 3 rings (SSSR count). The first-order chi connectivity index (χ1) is 15.2. The van der Waals surface area contributed by atoms with E-state index in [1.165, 1.54) is 4.90 Å². The summed E-state index contributed by atoms with van der Waals surface area (Å²) in [4.78, 5) is 29.6. The van der Waals surface area contributed by atoms with Gasteiger partial charge in [0.25, 0.3) is 11.7 Å². The zero-order valence-corrected chi connectivity index (χ0v) is 20.6. The molecule has 0 aliphatic carbocycles. The fourth-order valence-electron chi connectivity index (χ4n) is 3.74. The Balaban J connectivity index is 2.08. The molecule has 1 N–H and O–H groups in total. The molecule has 0 aromatic heterocycles. The SMILES string of the molecule is CCOc1ccc(C(O)=C2C(=O)C(=O)N(CCCN(C)C)[C@H]2c2ccc(Br)cc2)cc1Cl. The van der Waals surface area contributed by atoms with Crippen molar-refractivity contribution in [1.82, 2.24) is 9.80 Å². The van der Waals surface area contributed by atoms with Crippen LogP contribution in [0, 0.1) is 0 Å². The van der Waals surface area contributed by atoms with Gasteiger partial charge in [-0.15, -0.1) is 0 Å². The molecule has 1 aliphatic heterocycles. The highest BCUT2D eigenvalue weighted by Crippen LogP contribution is 2.40. The molecule has 1 atom stereocenters. The van der Waals surface area contributed by atoms with E-state index >= 15 is 0 Å². The molecule has 32 heavy (non-hydrogen) atoms. The number of halogens is 2. The quantitative estimate of drug-likeness (QED) is 0.305. The third kappa shape index (κ3) is 5.17. The van der Waals surface area contributed by atoms with E-state index in [0.717, 1.165) is 16.6 Å². The predicted octanol–water partition coefficient (Wildman–Crippen LogP) is 4.87. The van der Waals surface area contributed by atoms with E-state index in [-0.39, 0.29) is 11.3 Å². The van der Waals surface area contributed by atoms with Crippen LogP contribution < -0.4 is 4.74 Å². The van der Waals surface area contributed by atoms with E-state index in [2.05, 4.69) is 15.9 Å². The van der Waals surface area contributed by atoms with Crippen molar-refractivity contribution in [3.8, 4) is 5.75 Å². The molecule has 1 aliphatic rings. The maximum atomic E-state index is 13.0. The van der Waals surface area contributed by atoms with Gasteiger partial charge < -0.3 is 19.6 Å². The topological polar surface area (TPSA) is 70.1 Å². The molecule has 2 aromatic rings. The molecule has 0 bridgehead atoms. The van der Waals surface area contributed by atoms with Crippen LogP contribution in [0.15, 0.2) is 52.5 Å². The average Bonchev–Trinajstić information content (AvgIpc) is 3.00. The van der Waals surface area contributed by atoms with Gasteiger partial charge in [0.2, 0.25) is 0 Å². The third-order valence-corrected chi connectivity index (χ3v) is 6.06. The van der Waals surface area contributed by atoms with Gasteiger partial charge in [0, 0.05) is 16.6 Å². The number of carbonyl (C=O) groups excluding carboxylic acids is 2. The number of nitrogens with zero attached hydrogens (tertiary/aromatic N) is 2. The molecule has 1 amide bonds. The van der Waals surface area contributed by atoms with Gasteiger partial charge in [-0.1, -0.05) is 39.7 Å². The summed E-state index contributed by atoms with van der Waals surface area (Å²) in [6.07, 6.45) is 0.696. The summed E-state index contributed by atoms with van der Waals surface area (Å²) in [5, 5.41) is 11.5. The van der Waals surface area contributed by atoms with Crippen LogP contribution in [-0.2, 0) is 9.59 Å². The van der Waals surface area contributed by atoms with Gasteiger partial charge in [-0.05, 0) is 69.9 Å². The second-order valence-electron chi connectivity index (χ2n) is 7.78. The lowest BCUT2D eigenvalue weighted by atomic mass is 9.95. The number of ether oxygens (including phenoxy) is 1. The number of benzene rings is 2. The minimum absolute atomic E-state index is 0.0578. The normalized spacial score (nSPS) is 17.9. The summed E-state index contributed by atoms with van der Waals surface area (Å²) in [7, 11) is 3.91. The number of aliphatic hydroxyl groups is 1. The standard InChI is InChI=1S/C24H26BrClN2O4/c1-4-32-19-11-8-16(14-18(19)26)22(29)20-21(15-6-9-17(25)10-7-15)28(24(31)23(20)30)13-5-12-27(2)3/h6-11,14,21,29H,4-5,12-13H2,1-3H3/t21-/m0/s1. The Kier molecular flexibility index (Phi) is 7.98. The van der Waals surface area contributed by atoms with Crippen LogP contribution in [0.25, 0.3) is 5.76 Å².